The quantitative estimate of drug-likeness (QED) is 0.873. The molecule has 3 unspecified atom stereocenters. The summed E-state index contributed by atoms with van der Waals surface area (Å²) >= 11 is 0. The molecule has 1 aromatic carbocycles. The maximum Gasteiger partial charge on any atom is 0.0718 e. The third kappa shape index (κ3) is 2.20. The molecule has 1 aromatic rings. The van der Waals surface area contributed by atoms with Crippen molar-refractivity contribution in [1.82, 2.24) is 4.90 Å². The SMILES string of the molecule is NC1CCc2cc(CN3CC4CC3CO4)ccc2C1. The molecule has 2 bridgehead atoms. The average molecular weight is 258 g/mol. The summed E-state index contributed by atoms with van der Waals surface area (Å²) in [7, 11) is 0. The zero-order valence-electron chi connectivity index (χ0n) is 11.3. The van der Waals surface area contributed by atoms with E-state index in [1.54, 1.807) is 0 Å². The third-order valence-electron chi connectivity index (χ3n) is 4.94. The van der Waals surface area contributed by atoms with Crippen LogP contribution in [0.3, 0.4) is 0 Å². The van der Waals surface area contributed by atoms with E-state index in [1.165, 1.54) is 23.1 Å². The highest BCUT2D eigenvalue weighted by Crippen LogP contribution is 2.30. The lowest BCUT2D eigenvalue weighted by Crippen LogP contribution is -2.36. The maximum absolute atomic E-state index is 6.04. The topological polar surface area (TPSA) is 38.5 Å². The van der Waals surface area contributed by atoms with Crippen molar-refractivity contribution in [1.29, 1.82) is 0 Å². The number of nitrogens with zero attached hydrogens (tertiary/aromatic N) is 1. The number of fused-ring (bicyclic) bond motifs is 3. The highest BCUT2D eigenvalue weighted by molar-refractivity contribution is 5.34. The summed E-state index contributed by atoms with van der Waals surface area (Å²) in [5.74, 6) is 0. The van der Waals surface area contributed by atoms with Gasteiger partial charge in [-0.05, 0) is 42.4 Å². The van der Waals surface area contributed by atoms with Gasteiger partial charge in [-0.1, -0.05) is 18.2 Å². The Morgan fingerprint density at radius 2 is 2.26 bits per heavy atom. The summed E-state index contributed by atoms with van der Waals surface area (Å²) < 4.78 is 5.67. The number of nitrogens with two attached hydrogens (primary N) is 1. The van der Waals surface area contributed by atoms with E-state index < -0.39 is 0 Å². The van der Waals surface area contributed by atoms with E-state index in [1.807, 2.05) is 0 Å². The van der Waals surface area contributed by atoms with Crippen molar-refractivity contribution >= 4 is 0 Å². The molecule has 19 heavy (non-hydrogen) atoms. The number of morpholine rings is 1. The fraction of sp³-hybridized carbons (Fsp3) is 0.625. The highest BCUT2D eigenvalue weighted by Gasteiger charge is 2.38. The first kappa shape index (κ1) is 11.9. The van der Waals surface area contributed by atoms with Gasteiger partial charge in [0.25, 0.3) is 0 Å². The van der Waals surface area contributed by atoms with E-state index in [2.05, 4.69) is 23.1 Å². The van der Waals surface area contributed by atoms with Gasteiger partial charge in [0.2, 0.25) is 0 Å². The monoisotopic (exact) mass is 258 g/mol. The van der Waals surface area contributed by atoms with E-state index in [4.69, 9.17) is 10.5 Å². The number of likely N-dealkylation sites (tertiary alicyclic amines) is 1. The summed E-state index contributed by atoms with van der Waals surface area (Å²) in [4.78, 5) is 2.59. The van der Waals surface area contributed by atoms with Gasteiger partial charge in [0.05, 0.1) is 12.7 Å². The molecule has 2 heterocycles. The van der Waals surface area contributed by atoms with Crippen molar-refractivity contribution in [3.05, 3.63) is 34.9 Å². The minimum atomic E-state index is 0.366. The highest BCUT2D eigenvalue weighted by atomic mass is 16.5. The fourth-order valence-corrected chi connectivity index (χ4v) is 3.84. The normalized spacial score (nSPS) is 33.6. The summed E-state index contributed by atoms with van der Waals surface area (Å²) in [6.07, 6.45) is 5.08. The van der Waals surface area contributed by atoms with E-state index >= 15 is 0 Å². The molecule has 2 aliphatic heterocycles. The van der Waals surface area contributed by atoms with Gasteiger partial charge < -0.3 is 10.5 Å². The summed E-state index contributed by atoms with van der Waals surface area (Å²) in [5, 5.41) is 0. The van der Waals surface area contributed by atoms with Gasteiger partial charge in [-0.15, -0.1) is 0 Å². The van der Waals surface area contributed by atoms with Gasteiger partial charge in [0.15, 0.2) is 0 Å². The molecular weight excluding hydrogens is 236 g/mol. The Morgan fingerprint density at radius 1 is 1.32 bits per heavy atom. The number of benzene rings is 1. The van der Waals surface area contributed by atoms with Crippen molar-refractivity contribution in [2.24, 2.45) is 5.73 Å². The Bertz CT molecular complexity index is 488. The van der Waals surface area contributed by atoms with Crippen LogP contribution < -0.4 is 5.73 Å². The van der Waals surface area contributed by atoms with Crippen molar-refractivity contribution in [2.45, 2.75) is 50.4 Å². The second-order valence-corrected chi connectivity index (χ2v) is 6.38. The second kappa shape index (κ2) is 4.58. The number of rotatable bonds is 2. The molecule has 3 aliphatic rings. The lowest BCUT2D eigenvalue weighted by molar-refractivity contribution is 0.0273. The van der Waals surface area contributed by atoms with Crippen molar-refractivity contribution < 1.29 is 4.74 Å². The van der Waals surface area contributed by atoms with Crippen LogP contribution in [0.1, 0.15) is 29.5 Å². The van der Waals surface area contributed by atoms with E-state index in [-0.39, 0.29) is 0 Å². The minimum Gasteiger partial charge on any atom is -0.375 e. The van der Waals surface area contributed by atoms with Gasteiger partial charge >= 0.3 is 0 Å². The van der Waals surface area contributed by atoms with Crippen LogP contribution in [0.15, 0.2) is 18.2 Å². The lowest BCUT2D eigenvalue weighted by Gasteiger charge is -2.27. The van der Waals surface area contributed by atoms with E-state index in [9.17, 15) is 0 Å². The molecule has 2 N–H and O–H groups in total. The molecule has 3 nitrogen and oxygen atoms in total. The number of aryl methyl sites for hydroxylation is 1. The number of ether oxygens (including phenoxy) is 1. The molecule has 0 amide bonds. The van der Waals surface area contributed by atoms with Crippen molar-refractivity contribution in [2.75, 3.05) is 13.2 Å². The Hall–Kier alpha value is -0.900. The van der Waals surface area contributed by atoms with Crippen LogP contribution in [0.2, 0.25) is 0 Å². The summed E-state index contributed by atoms with van der Waals surface area (Å²) in [6, 6.07) is 8.03. The van der Waals surface area contributed by atoms with Gasteiger partial charge in [-0.25, -0.2) is 0 Å². The molecule has 2 fully saturated rings. The van der Waals surface area contributed by atoms with Gasteiger partial charge in [-0.2, -0.15) is 0 Å². The average Bonchev–Trinajstić information content (AvgIpc) is 3.01. The van der Waals surface area contributed by atoms with Crippen LogP contribution in [0.25, 0.3) is 0 Å². The predicted molar refractivity (Wildman–Crippen MR) is 75.0 cm³/mol. The molecule has 0 radical (unpaired) electrons. The number of hydrogen-bond donors (Lipinski definition) is 1. The Kier molecular flexibility index (Phi) is 2.87. The molecule has 1 aliphatic carbocycles. The number of hydrogen-bond acceptors (Lipinski definition) is 3. The van der Waals surface area contributed by atoms with Gasteiger partial charge in [-0.3, -0.25) is 4.90 Å². The fourth-order valence-electron chi connectivity index (χ4n) is 3.84. The lowest BCUT2D eigenvalue weighted by atomic mass is 9.87. The first-order valence-corrected chi connectivity index (χ1v) is 7.50. The van der Waals surface area contributed by atoms with Crippen LogP contribution in [-0.4, -0.2) is 36.2 Å². The minimum absolute atomic E-state index is 0.366. The van der Waals surface area contributed by atoms with Crippen molar-refractivity contribution in [3.63, 3.8) is 0 Å². The van der Waals surface area contributed by atoms with Crippen LogP contribution in [0.5, 0.6) is 0 Å². The largest absolute Gasteiger partial charge is 0.375 e. The van der Waals surface area contributed by atoms with E-state index in [0.717, 1.165) is 39.0 Å². The third-order valence-corrected chi connectivity index (χ3v) is 4.94. The Balaban J connectivity index is 1.50. The van der Waals surface area contributed by atoms with Crippen LogP contribution in [-0.2, 0) is 24.1 Å². The maximum atomic E-state index is 6.04. The van der Waals surface area contributed by atoms with Crippen LogP contribution >= 0.6 is 0 Å². The Morgan fingerprint density at radius 3 is 3.05 bits per heavy atom. The molecule has 0 aromatic heterocycles. The first-order valence-electron chi connectivity index (χ1n) is 7.50. The standard InChI is InChI=1S/C16H22N2O/c17-14-4-3-12-5-11(1-2-13(12)6-14)8-18-9-16-7-15(18)10-19-16/h1-2,5,14-16H,3-4,6-10,17H2. The predicted octanol–water partition coefficient (Wildman–Crippen LogP) is 1.48. The van der Waals surface area contributed by atoms with Crippen LogP contribution in [0.4, 0.5) is 0 Å². The van der Waals surface area contributed by atoms with E-state index in [0.29, 0.717) is 18.2 Å². The van der Waals surface area contributed by atoms with Gasteiger partial charge in [0, 0.05) is 25.2 Å². The molecule has 4 rings (SSSR count). The first-order chi connectivity index (χ1) is 9.28. The molecule has 0 saturated carbocycles. The second-order valence-electron chi connectivity index (χ2n) is 6.38. The zero-order chi connectivity index (χ0) is 12.8. The Labute approximate surface area is 114 Å². The molecule has 2 saturated heterocycles. The van der Waals surface area contributed by atoms with Crippen LogP contribution in [0, 0.1) is 0 Å². The molecule has 3 heteroatoms. The molecule has 102 valence electrons. The molecule has 0 spiro atoms. The summed E-state index contributed by atoms with van der Waals surface area (Å²) in [5.41, 5.74) is 10.5. The van der Waals surface area contributed by atoms with Crippen molar-refractivity contribution in [3.8, 4) is 0 Å². The summed E-state index contributed by atoms with van der Waals surface area (Å²) in [6.45, 7) is 3.14. The zero-order valence-corrected chi connectivity index (χ0v) is 11.3. The molecule has 3 atom stereocenters. The smallest absolute Gasteiger partial charge is 0.0718 e. The van der Waals surface area contributed by atoms with Gasteiger partial charge in [0.1, 0.15) is 0 Å². The molecular formula is C16H22N2O.